The molecule has 0 aliphatic carbocycles. The van der Waals surface area contributed by atoms with Crippen LogP contribution in [0.2, 0.25) is 0 Å². The summed E-state index contributed by atoms with van der Waals surface area (Å²) in [6, 6.07) is 0. The number of hydrogen-bond donors (Lipinski definition) is 1. The second kappa shape index (κ2) is 4.23. The summed E-state index contributed by atoms with van der Waals surface area (Å²) in [7, 11) is 3.08. The Morgan fingerprint density at radius 1 is 1.79 bits per heavy atom. The van der Waals surface area contributed by atoms with Crippen molar-refractivity contribution in [2.24, 2.45) is 7.05 Å². The van der Waals surface area contributed by atoms with Crippen LogP contribution in [0.4, 0.5) is 0 Å². The highest BCUT2D eigenvalue weighted by atomic mass is 16.5. The van der Waals surface area contributed by atoms with E-state index in [1.807, 2.05) is 6.92 Å². The quantitative estimate of drug-likeness (QED) is 0.710. The van der Waals surface area contributed by atoms with E-state index in [1.165, 1.54) is 7.11 Å². The predicted octanol–water partition coefficient (Wildman–Crippen LogP) is 0.325. The van der Waals surface area contributed by atoms with Crippen LogP contribution in [0, 0.1) is 6.92 Å². The molecule has 1 aromatic rings. The van der Waals surface area contributed by atoms with Crippen molar-refractivity contribution in [1.29, 1.82) is 0 Å². The first-order valence-corrected chi connectivity index (χ1v) is 4.29. The number of rotatable bonds is 3. The summed E-state index contributed by atoms with van der Waals surface area (Å²) in [4.78, 5) is 10.9. The second-order valence-electron chi connectivity index (χ2n) is 3.10. The SMILES string of the molecule is COC(=O)CC(O)c1cnn(C)c1C. The van der Waals surface area contributed by atoms with Crippen LogP contribution in [-0.2, 0) is 16.6 Å². The Kier molecular flexibility index (Phi) is 3.24. The zero-order chi connectivity index (χ0) is 10.7. The van der Waals surface area contributed by atoms with E-state index in [9.17, 15) is 9.90 Å². The molecule has 0 bridgehead atoms. The summed E-state index contributed by atoms with van der Waals surface area (Å²) in [5, 5.41) is 13.6. The lowest BCUT2D eigenvalue weighted by Gasteiger charge is -2.08. The molecule has 1 unspecified atom stereocenters. The molecule has 78 valence electrons. The average Bonchev–Trinajstić information content (AvgIpc) is 2.47. The molecule has 1 heterocycles. The molecular weight excluding hydrogens is 184 g/mol. The van der Waals surface area contributed by atoms with Crippen molar-refractivity contribution < 1.29 is 14.6 Å². The molecule has 1 aromatic heterocycles. The monoisotopic (exact) mass is 198 g/mol. The van der Waals surface area contributed by atoms with Gasteiger partial charge in [-0.15, -0.1) is 0 Å². The lowest BCUT2D eigenvalue weighted by Crippen LogP contribution is -2.08. The van der Waals surface area contributed by atoms with E-state index in [1.54, 1.807) is 17.9 Å². The maximum absolute atomic E-state index is 10.9. The van der Waals surface area contributed by atoms with Gasteiger partial charge in [-0.2, -0.15) is 5.10 Å². The van der Waals surface area contributed by atoms with E-state index >= 15 is 0 Å². The number of ether oxygens (including phenoxy) is 1. The summed E-state index contributed by atoms with van der Waals surface area (Å²) in [5.74, 6) is -0.430. The van der Waals surface area contributed by atoms with Crippen molar-refractivity contribution in [3.05, 3.63) is 17.5 Å². The van der Waals surface area contributed by atoms with E-state index in [0.29, 0.717) is 5.56 Å². The molecule has 0 radical (unpaired) electrons. The standard InChI is InChI=1S/C9H14N2O3/c1-6-7(5-10-11(6)2)8(12)4-9(13)14-3/h5,8,12H,4H2,1-3H3. The Morgan fingerprint density at radius 3 is 2.86 bits per heavy atom. The molecule has 1 N–H and O–H groups in total. The average molecular weight is 198 g/mol. The van der Waals surface area contributed by atoms with E-state index < -0.39 is 12.1 Å². The van der Waals surface area contributed by atoms with Crippen LogP contribution in [-0.4, -0.2) is 28.0 Å². The van der Waals surface area contributed by atoms with Crippen LogP contribution in [0.1, 0.15) is 23.8 Å². The molecule has 0 amide bonds. The third-order valence-electron chi connectivity index (χ3n) is 2.22. The molecule has 5 heteroatoms. The number of nitrogens with zero attached hydrogens (tertiary/aromatic N) is 2. The summed E-state index contributed by atoms with van der Waals surface area (Å²) >= 11 is 0. The lowest BCUT2D eigenvalue weighted by atomic mass is 10.1. The fourth-order valence-electron chi connectivity index (χ4n) is 1.19. The minimum absolute atomic E-state index is 0.0387. The van der Waals surface area contributed by atoms with Gasteiger partial charge in [0, 0.05) is 18.3 Å². The largest absolute Gasteiger partial charge is 0.469 e. The maximum Gasteiger partial charge on any atom is 0.308 e. The van der Waals surface area contributed by atoms with Gasteiger partial charge in [-0.3, -0.25) is 9.48 Å². The number of methoxy groups -OCH3 is 1. The van der Waals surface area contributed by atoms with Gasteiger partial charge in [0.1, 0.15) is 0 Å². The molecule has 0 saturated heterocycles. The molecule has 14 heavy (non-hydrogen) atoms. The normalized spacial score (nSPS) is 12.6. The Hall–Kier alpha value is -1.36. The Labute approximate surface area is 82.3 Å². The number of aryl methyl sites for hydroxylation is 1. The molecule has 0 saturated carbocycles. The minimum atomic E-state index is -0.837. The number of esters is 1. The van der Waals surface area contributed by atoms with Gasteiger partial charge in [-0.05, 0) is 6.92 Å². The zero-order valence-electron chi connectivity index (χ0n) is 8.52. The first-order chi connectivity index (χ1) is 6.56. The van der Waals surface area contributed by atoms with E-state index in [2.05, 4.69) is 9.84 Å². The van der Waals surface area contributed by atoms with Crippen molar-refractivity contribution in [3.8, 4) is 0 Å². The van der Waals surface area contributed by atoms with Crippen molar-refractivity contribution >= 4 is 5.97 Å². The highest BCUT2D eigenvalue weighted by molar-refractivity contribution is 5.70. The number of carbonyl (C=O) groups is 1. The summed E-state index contributed by atoms with van der Waals surface area (Å²) in [5.41, 5.74) is 1.51. The van der Waals surface area contributed by atoms with Gasteiger partial charge in [-0.1, -0.05) is 0 Å². The molecule has 1 rings (SSSR count). The summed E-state index contributed by atoms with van der Waals surface area (Å²) in [6.45, 7) is 1.84. The third kappa shape index (κ3) is 2.11. The molecule has 1 atom stereocenters. The van der Waals surface area contributed by atoms with Crippen LogP contribution >= 0.6 is 0 Å². The van der Waals surface area contributed by atoms with Gasteiger partial charge in [0.25, 0.3) is 0 Å². The second-order valence-corrected chi connectivity index (χ2v) is 3.10. The van der Waals surface area contributed by atoms with Crippen molar-refractivity contribution in [1.82, 2.24) is 9.78 Å². The minimum Gasteiger partial charge on any atom is -0.469 e. The smallest absolute Gasteiger partial charge is 0.308 e. The maximum atomic E-state index is 10.9. The van der Waals surface area contributed by atoms with Crippen LogP contribution in [0.5, 0.6) is 0 Å². The highest BCUT2D eigenvalue weighted by Gasteiger charge is 2.17. The molecule has 0 spiro atoms. The molecular formula is C9H14N2O3. The van der Waals surface area contributed by atoms with Crippen molar-refractivity contribution in [3.63, 3.8) is 0 Å². The highest BCUT2D eigenvalue weighted by Crippen LogP contribution is 2.19. The summed E-state index contributed by atoms with van der Waals surface area (Å²) in [6.07, 6.45) is 0.683. The van der Waals surface area contributed by atoms with Gasteiger partial charge in [0.2, 0.25) is 0 Å². The van der Waals surface area contributed by atoms with Gasteiger partial charge in [0.05, 0.1) is 25.8 Å². The van der Waals surface area contributed by atoms with Gasteiger partial charge in [0.15, 0.2) is 0 Å². The van der Waals surface area contributed by atoms with E-state index in [-0.39, 0.29) is 6.42 Å². The zero-order valence-corrected chi connectivity index (χ0v) is 8.52. The van der Waals surface area contributed by atoms with Crippen LogP contribution < -0.4 is 0 Å². The predicted molar refractivity (Wildman–Crippen MR) is 49.5 cm³/mol. The number of aliphatic hydroxyl groups excluding tert-OH is 1. The number of hydrogen-bond acceptors (Lipinski definition) is 4. The fraction of sp³-hybridized carbons (Fsp3) is 0.556. The van der Waals surface area contributed by atoms with Crippen molar-refractivity contribution in [2.45, 2.75) is 19.4 Å². The van der Waals surface area contributed by atoms with Crippen LogP contribution in [0.3, 0.4) is 0 Å². The van der Waals surface area contributed by atoms with E-state index in [4.69, 9.17) is 0 Å². The molecule has 0 fully saturated rings. The van der Waals surface area contributed by atoms with Gasteiger partial charge in [-0.25, -0.2) is 0 Å². The summed E-state index contributed by atoms with van der Waals surface area (Å²) < 4.78 is 6.11. The third-order valence-corrected chi connectivity index (χ3v) is 2.22. The topological polar surface area (TPSA) is 64.3 Å². The first-order valence-electron chi connectivity index (χ1n) is 4.29. The first kappa shape index (κ1) is 10.7. The number of carbonyl (C=O) groups excluding carboxylic acids is 1. The molecule has 0 aromatic carbocycles. The van der Waals surface area contributed by atoms with Crippen molar-refractivity contribution in [2.75, 3.05) is 7.11 Å². The number of aromatic nitrogens is 2. The fourth-order valence-corrected chi connectivity index (χ4v) is 1.19. The Balaban J connectivity index is 2.74. The van der Waals surface area contributed by atoms with Crippen LogP contribution in [0.25, 0.3) is 0 Å². The Bertz CT molecular complexity index is 333. The lowest BCUT2D eigenvalue weighted by molar-refractivity contribution is -0.142. The van der Waals surface area contributed by atoms with Gasteiger partial charge < -0.3 is 9.84 Å². The Morgan fingerprint density at radius 2 is 2.43 bits per heavy atom. The van der Waals surface area contributed by atoms with Gasteiger partial charge >= 0.3 is 5.97 Å². The number of aliphatic hydroxyl groups is 1. The molecule has 5 nitrogen and oxygen atoms in total. The molecule has 0 aliphatic heterocycles. The molecule has 0 aliphatic rings. The van der Waals surface area contributed by atoms with E-state index in [0.717, 1.165) is 5.69 Å². The van der Waals surface area contributed by atoms with Crippen LogP contribution in [0.15, 0.2) is 6.20 Å².